The summed E-state index contributed by atoms with van der Waals surface area (Å²) in [6, 6.07) is 10.4. The smallest absolute Gasteiger partial charge is 0.344 e. The number of hydrogen-bond donors (Lipinski definition) is 0. The lowest BCUT2D eigenvalue weighted by Crippen LogP contribution is -2.14. The van der Waals surface area contributed by atoms with Crippen molar-refractivity contribution < 1.29 is 27.6 Å². The van der Waals surface area contributed by atoms with Crippen LogP contribution in [0.25, 0.3) is 11.5 Å². The number of ether oxygens (including phenoxy) is 2. The number of carbonyl (C=O) groups excluding carboxylic acids is 1. The zero-order valence-electron chi connectivity index (χ0n) is 11.9. The predicted molar refractivity (Wildman–Crippen MR) is 75.9 cm³/mol. The molecule has 0 radical (unpaired) electrons. The third kappa shape index (κ3) is 3.97. The maximum Gasteiger partial charge on any atom is 0.344 e. The van der Waals surface area contributed by atoms with Crippen molar-refractivity contribution in [2.75, 3.05) is 6.61 Å². The number of nitrogens with zero attached hydrogens (tertiary/aromatic N) is 1. The highest BCUT2D eigenvalue weighted by Gasteiger charge is 2.11. The fourth-order valence-electron chi connectivity index (χ4n) is 1.78. The molecule has 7 heteroatoms. The highest BCUT2D eigenvalue weighted by atomic mass is 19.1. The van der Waals surface area contributed by atoms with Crippen LogP contribution in [0.3, 0.4) is 0 Å². The van der Waals surface area contributed by atoms with E-state index < -0.39 is 5.97 Å². The third-order valence-corrected chi connectivity index (χ3v) is 2.87. The van der Waals surface area contributed by atoms with Gasteiger partial charge in [0.05, 0.1) is 6.26 Å². The van der Waals surface area contributed by atoms with Crippen LogP contribution in [0.4, 0.5) is 4.39 Å². The summed E-state index contributed by atoms with van der Waals surface area (Å²) in [4.78, 5) is 11.6. The lowest BCUT2D eigenvalue weighted by molar-refractivity contribution is -0.147. The fraction of sp³-hybridized carbons (Fsp3) is 0.125. The number of halogens is 1. The van der Waals surface area contributed by atoms with Crippen molar-refractivity contribution in [2.45, 2.75) is 6.61 Å². The molecule has 2 heterocycles. The molecule has 3 aromatic rings. The molecule has 118 valence electrons. The Hall–Kier alpha value is -3.09. The van der Waals surface area contributed by atoms with E-state index in [4.69, 9.17) is 18.4 Å². The number of furan rings is 1. The first-order valence-electron chi connectivity index (χ1n) is 6.74. The summed E-state index contributed by atoms with van der Waals surface area (Å²) in [5.41, 5.74) is 0.450. The van der Waals surface area contributed by atoms with Crippen LogP contribution in [0, 0.1) is 5.82 Å². The van der Waals surface area contributed by atoms with Gasteiger partial charge in [-0.2, -0.15) is 0 Å². The Kier molecular flexibility index (Phi) is 4.37. The first-order valence-corrected chi connectivity index (χ1v) is 6.74. The van der Waals surface area contributed by atoms with Gasteiger partial charge >= 0.3 is 5.97 Å². The van der Waals surface area contributed by atoms with Gasteiger partial charge in [0, 0.05) is 6.07 Å². The van der Waals surface area contributed by atoms with E-state index in [9.17, 15) is 9.18 Å². The van der Waals surface area contributed by atoms with E-state index in [2.05, 4.69) is 5.16 Å². The Morgan fingerprint density at radius 3 is 2.74 bits per heavy atom. The highest BCUT2D eigenvalue weighted by Crippen LogP contribution is 2.20. The standard InChI is InChI=1S/C16H12FNO5/c17-11-3-5-13(6-4-11)21-10-16(19)22-9-12-8-15(23-18-12)14-2-1-7-20-14/h1-8H,9-10H2. The summed E-state index contributed by atoms with van der Waals surface area (Å²) in [5, 5.41) is 3.78. The van der Waals surface area contributed by atoms with Crippen molar-refractivity contribution >= 4 is 5.97 Å². The van der Waals surface area contributed by atoms with E-state index >= 15 is 0 Å². The van der Waals surface area contributed by atoms with Crippen LogP contribution >= 0.6 is 0 Å². The number of carbonyl (C=O) groups is 1. The van der Waals surface area contributed by atoms with Crippen molar-refractivity contribution in [3.05, 3.63) is 60.2 Å². The van der Waals surface area contributed by atoms with Gasteiger partial charge in [-0.25, -0.2) is 9.18 Å². The second-order valence-corrected chi connectivity index (χ2v) is 4.56. The second kappa shape index (κ2) is 6.78. The molecule has 0 saturated heterocycles. The summed E-state index contributed by atoms with van der Waals surface area (Å²) >= 11 is 0. The summed E-state index contributed by atoms with van der Waals surface area (Å²) in [6.45, 7) is -0.329. The van der Waals surface area contributed by atoms with E-state index in [1.165, 1.54) is 30.5 Å². The van der Waals surface area contributed by atoms with Crippen LogP contribution < -0.4 is 4.74 Å². The molecular weight excluding hydrogens is 305 g/mol. The van der Waals surface area contributed by atoms with Crippen molar-refractivity contribution in [3.8, 4) is 17.3 Å². The first kappa shape index (κ1) is 14.8. The molecule has 3 rings (SSSR count). The molecule has 0 unspecified atom stereocenters. The van der Waals surface area contributed by atoms with Crippen molar-refractivity contribution in [1.29, 1.82) is 0 Å². The van der Waals surface area contributed by atoms with E-state index in [0.29, 0.717) is 23.0 Å². The highest BCUT2D eigenvalue weighted by molar-refractivity contribution is 5.71. The molecular formula is C16H12FNO5. The van der Waals surface area contributed by atoms with Gasteiger partial charge in [0.15, 0.2) is 12.4 Å². The Morgan fingerprint density at radius 1 is 1.17 bits per heavy atom. The number of aromatic nitrogens is 1. The predicted octanol–water partition coefficient (Wildman–Crippen LogP) is 3.20. The van der Waals surface area contributed by atoms with Crippen LogP contribution in [0.1, 0.15) is 5.69 Å². The molecule has 0 bridgehead atoms. The topological polar surface area (TPSA) is 74.7 Å². The number of hydrogen-bond acceptors (Lipinski definition) is 6. The molecule has 0 aliphatic rings. The van der Waals surface area contributed by atoms with Gasteiger partial charge in [-0.1, -0.05) is 5.16 Å². The van der Waals surface area contributed by atoms with Crippen LogP contribution in [-0.4, -0.2) is 17.7 Å². The molecule has 1 aromatic carbocycles. The molecule has 0 aliphatic heterocycles. The van der Waals surface area contributed by atoms with Gasteiger partial charge in [-0.15, -0.1) is 0 Å². The average molecular weight is 317 g/mol. The molecule has 23 heavy (non-hydrogen) atoms. The van der Waals surface area contributed by atoms with Gasteiger partial charge < -0.3 is 18.4 Å². The molecule has 0 aliphatic carbocycles. The molecule has 0 spiro atoms. The number of benzene rings is 1. The molecule has 0 fully saturated rings. The number of rotatable bonds is 6. The quantitative estimate of drug-likeness (QED) is 0.650. The minimum absolute atomic E-state index is 0.0458. The van der Waals surface area contributed by atoms with Crippen molar-refractivity contribution in [1.82, 2.24) is 5.16 Å². The largest absolute Gasteiger partial charge is 0.482 e. The number of esters is 1. The molecule has 2 aromatic heterocycles. The van der Waals surface area contributed by atoms with Crippen molar-refractivity contribution in [2.24, 2.45) is 0 Å². The van der Waals surface area contributed by atoms with E-state index in [1.54, 1.807) is 18.2 Å². The zero-order chi connectivity index (χ0) is 16.1. The Balaban J connectivity index is 1.46. The Labute approximate surface area is 130 Å². The minimum Gasteiger partial charge on any atom is -0.482 e. The van der Waals surface area contributed by atoms with Crippen molar-refractivity contribution in [3.63, 3.8) is 0 Å². The molecule has 0 saturated carbocycles. The zero-order valence-corrected chi connectivity index (χ0v) is 11.9. The van der Waals surface area contributed by atoms with Crippen LogP contribution in [-0.2, 0) is 16.1 Å². The van der Waals surface area contributed by atoms with Gasteiger partial charge in [0.25, 0.3) is 0 Å². The van der Waals surface area contributed by atoms with E-state index in [0.717, 1.165) is 0 Å². The maximum absolute atomic E-state index is 12.7. The Morgan fingerprint density at radius 2 is 2.00 bits per heavy atom. The maximum atomic E-state index is 12.7. The second-order valence-electron chi connectivity index (χ2n) is 4.56. The van der Waals surface area contributed by atoms with Crippen LogP contribution in [0.15, 0.2) is 57.7 Å². The third-order valence-electron chi connectivity index (χ3n) is 2.87. The molecule has 0 atom stereocenters. The van der Waals surface area contributed by atoms with E-state index in [1.807, 2.05) is 0 Å². The summed E-state index contributed by atoms with van der Waals surface area (Å²) in [7, 11) is 0. The van der Waals surface area contributed by atoms with Gasteiger partial charge in [0.1, 0.15) is 23.9 Å². The molecule has 0 amide bonds. The van der Waals surface area contributed by atoms with E-state index in [-0.39, 0.29) is 19.0 Å². The lowest BCUT2D eigenvalue weighted by atomic mass is 10.3. The Bertz CT molecular complexity index is 764. The summed E-state index contributed by atoms with van der Waals surface area (Å²) in [5.74, 6) is 0.415. The van der Waals surface area contributed by atoms with Gasteiger partial charge in [-0.05, 0) is 36.4 Å². The van der Waals surface area contributed by atoms with Gasteiger partial charge in [0.2, 0.25) is 5.76 Å². The SMILES string of the molecule is O=C(COc1ccc(F)cc1)OCc1cc(-c2ccco2)on1. The average Bonchev–Trinajstić information content (AvgIpc) is 3.23. The lowest BCUT2D eigenvalue weighted by Gasteiger charge is -2.05. The molecule has 0 N–H and O–H groups in total. The monoisotopic (exact) mass is 317 g/mol. The first-order chi connectivity index (χ1) is 11.2. The van der Waals surface area contributed by atoms with Gasteiger partial charge in [-0.3, -0.25) is 0 Å². The fourth-order valence-corrected chi connectivity index (χ4v) is 1.78. The van der Waals surface area contributed by atoms with Crippen LogP contribution in [0.5, 0.6) is 5.75 Å². The minimum atomic E-state index is -0.572. The normalized spacial score (nSPS) is 10.5. The van der Waals surface area contributed by atoms with Crippen LogP contribution in [0.2, 0.25) is 0 Å². The summed E-state index contributed by atoms with van der Waals surface area (Å²) < 4.78 is 33.2. The molecule has 6 nitrogen and oxygen atoms in total. The summed E-state index contributed by atoms with van der Waals surface area (Å²) in [6.07, 6.45) is 1.52.